The number of rotatable bonds is 9. The van der Waals surface area contributed by atoms with Gasteiger partial charge in [0, 0.05) is 5.69 Å². The molecule has 3 aromatic rings. The highest BCUT2D eigenvalue weighted by Gasteiger charge is 2.16. The summed E-state index contributed by atoms with van der Waals surface area (Å²) in [4.78, 5) is 14.2. The smallest absolute Gasteiger partial charge is 0.373 e. The largest absolute Gasteiger partial charge is 0.563 e. The zero-order valence-corrected chi connectivity index (χ0v) is 23.7. The molecule has 0 aromatic heterocycles. The third-order valence-electron chi connectivity index (χ3n) is 7.35. The molecule has 0 heterocycles. The van der Waals surface area contributed by atoms with E-state index < -0.39 is 0 Å². The summed E-state index contributed by atoms with van der Waals surface area (Å²) in [5, 5.41) is 0. The SMILES string of the molecule is O=C(CCl)N(Cc1ccccc1)c1ccc(Oc2ccc(O[B]C3CCCCCCCCCCC3)cc2)cc1. The van der Waals surface area contributed by atoms with Gasteiger partial charge in [-0.15, -0.1) is 11.6 Å². The first-order valence-corrected chi connectivity index (χ1v) is 15.0. The average Bonchev–Trinajstić information content (AvgIpc) is 2.97. The molecule has 1 amide bonds. The number of hydrogen-bond acceptors (Lipinski definition) is 3. The van der Waals surface area contributed by atoms with Crippen molar-refractivity contribution in [3.8, 4) is 17.2 Å². The molecule has 3 aromatic carbocycles. The van der Waals surface area contributed by atoms with E-state index in [4.69, 9.17) is 21.0 Å². The van der Waals surface area contributed by atoms with E-state index in [-0.39, 0.29) is 11.8 Å². The molecule has 0 spiro atoms. The Labute approximate surface area is 239 Å². The summed E-state index contributed by atoms with van der Waals surface area (Å²) in [5.41, 5.74) is 1.82. The van der Waals surface area contributed by atoms with Crippen LogP contribution in [0.15, 0.2) is 78.9 Å². The van der Waals surface area contributed by atoms with E-state index in [2.05, 4.69) is 7.48 Å². The third kappa shape index (κ3) is 9.96. The van der Waals surface area contributed by atoms with Gasteiger partial charge in [-0.2, -0.15) is 0 Å². The van der Waals surface area contributed by atoms with Crippen molar-refractivity contribution in [1.82, 2.24) is 0 Å². The van der Waals surface area contributed by atoms with Gasteiger partial charge in [0.2, 0.25) is 5.91 Å². The molecule has 6 heteroatoms. The Hall–Kier alpha value is -2.92. The van der Waals surface area contributed by atoms with Crippen LogP contribution in [0.3, 0.4) is 0 Å². The van der Waals surface area contributed by atoms with Crippen LogP contribution in [-0.4, -0.2) is 19.3 Å². The zero-order valence-electron chi connectivity index (χ0n) is 22.9. The summed E-state index contributed by atoms with van der Waals surface area (Å²) in [5.74, 6) is 2.57. The Kier molecular flexibility index (Phi) is 12.1. The van der Waals surface area contributed by atoms with Crippen molar-refractivity contribution < 1.29 is 14.2 Å². The van der Waals surface area contributed by atoms with Crippen molar-refractivity contribution in [3.05, 3.63) is 84.4 Å². The molecule has 4 rings (SSSR count). The molecule has 0 atom stereocenters. The maximum absolute atomic E-state index is 12.5. The first-order valence-electron chi connectivity index (χ1n) is 14.5. The molecule has 1 radical (unpaired) electrons. The predicted octanol–water partition coefficient (Wildman–Crippen LogP) is 9.34. The summed E-state index contributed by atoms with van der Waals surface area (Å²) in [6, 6.07) is 25.2. The highest BCUT2D eigenvalue weighted by atomic mass is 35.5. The third-order valence-corrected chi connectivity index (χ3v) is 7.58. The van der Waals surface area contributed by atoms with Gasteiger partial charge >= 0.3 is 7.48 Å². The van der Waals surface area contributed by atoms with Gasteiger partial charge in [-0.05, 0) is 59.9 Å². The number of anilines is 1. The van der Waals surface area contributed by atoms with E-state index >= 15 is 0 Å². The molecule has 1 fully saturated rings. The minimum Gasteiger partial charge on any atom is -0.563 e. The van der Waals surface area contributed by atoms with Crippen LogP contribution in [0.4, 0.5) is 5.69 Å². The highest BCUT2D eigenvalue weighted by Crippen LogP contribution is 2.29. The Bertz CT molecular complexity index is 1100. The van der Waals surface area contributed by atoms with Crippen LogP contribution in [0.5, 0.6) is 17.2 Å². The molecular weight excluding hydrogens is 505 g/mol. The number of amides is 1. The molecule has 0 unspecified atom stereocenters. The number of halogens is 1. The minimum atomic E-state index is -0.141. The van der Waals surface area contributed by atoms with Gasteiger partial charge in [-0.1, -0.05) is 101 Å². The second-order valence-corrected chi connectivity index (χ2v) is 10.7. The van der Waals surface area contributed by atoms with Crippen LogP contribution in [0, 0.1) is 0 Å². The van der Waals surface area contributed by atoms with Crippen LogP contribution < -0.4 is 14.3 Å². The molecule has 1 aliphatic carbocycles. The second-order valence-electron chi connectivity index (χ2n) is 10.4. The van der Waals surface area contributed by atoms with E-state index in [1.54, 1.807) is 4.90 Å². The molecule has 1 saturated carbocycles. The van der Waals surface area contributed by atoms with Gasteiger partial charge in [-0.3, -0.25) is 4.79 Å². The van der Waals surface area contributed by atoms with Crippen LogP contribution in [0.25, 0.3) is 0 Å². The van der Waals surface area contributed by atoms with Crippen molar-refractivity contribution in [2.45, 2.75) is 83.0 Å². The monoisotopic (exact) mass is 544 g/mol. The normalized spacial score (nSPS) is 15.4. The van der Waals surface area contributed by atoms with E-state index in [0.717, 1.165) is 22.7 Å². The van der Waals surface area contributed by atoms with Crippen LogP contribution in [0.1, 0.15) is 76.2 Å². The summed E-state index contributed by atoms with van der Waals surface area (Å²) in [6.45, 7) is 0.464. The lowest BCUT2D eigenvalue weighted by molar-refractivity contribution is -0.116. The molecule has 4 nitrogen and oxygen atoms in total. The number of carbonyl (C=O) groups is 1. The summed E-state index contributed by atoms with van der Waals surface area (Å²) in [6.07, 6.45) is 14.6. The lowest BCUT2D eigenvalue weighted by Gasteiger charge is -2.22. The molecule has 205 valence electrons. The van der Waals surface area contributed by atoms with Gasteiger partial charge in [0.25, 0.3) is 0 Å². The van der Waals surface area contributed by atoms with E-state index in [1.165, 1.54) is 70.6 Å². The maximum Gasteiger partial charge on any atom is 0.373 e. The molecule has 0 bridgehead atoms. The predicted molar refractivity (Wildman–Crippen MR) is 162 cm³/mol. The Morgan fingerprint density at radius 3 is 1.79 bits per heavy atom. The Morgan fingerprint density at radius 1 is 0.718 bits per heavy atom. The number of hydrogen-bond donors (Lipinski definition) is 0. The fourth-order valence-electron chi connectivity index (χ4n) is 5.08. The van der Waals surface area contributed by atoms with Crippen molar-refractivity contribution in [2.75, 3.05) is 10.8 Å². The van der Waals surface area contributed by atoms with Gasteiger partial charge in [0.1, 0.15) is 17.4 Å². The Balaban J connectivity index is 1.29. The van der Waals surface area contributed by atoms with Crippen molar-refractivity contribution in [2.24, 2.45) is 0 Å². The topological polar surface area (TPSA) is 38.8 Å². The lowest BCUT2D eigenvalue weighted by Crippen LogP contribution is -2.31. The molecule has 0 saturated heterocycles. The minimum absolute atomic E-state index is 0.0717. The quantitative estimate of drug-likeness (QED) is 0.199. The maximum atomic E-state index is 12.5. The number of alkyl halides is 1. The van der Waals surface area contributed by atoms with Crippen LogP contribution >= 0.6 is 11.6 Å². The number of benzene rings is 3. The first kappa shape index (κ1) is 29.1. The Morgan fingerprint density at radius 2 is 1.23 bits per heavy atom. The molecule has 0 N–H and O–H groups in total. The van der Waals surface area contributed by atoms with Crippen LogP contribution in [0.2, 0.25) is 5.82 Å². The van der Waals surface area contributed by atoms with Crippen molar-refractivity contribution in [1.29, 1.82) is 0 Å². The highest BCUT2D eigenvalue weighted by molar-refractivity contribution is 6.30. The van der Waals surface area contributed by atoms with Gasteiger partial charge < -0.3 is 14.3 Å². The lowest BCUT2D eigenvalue weighted by atomic mass is 9.73. The van der Waals surface area contributed by atoms with Gasteiger partial charge in [0.15, 0.2) is 0 Å². The fraction of sp³-hybridized carbons (Fsp3) is 0.424. The number of carbonyl (C=O) groups excluding carboxylic acids is 1. The van der Waals surface area contributed by atoms with Crippen molar-refractivity contribution >= 4 is 30.7 Å². The van der Waals surface area contributed by atoms with E-state index in [1.807, 2.05) is 78.9 Å². The second kappa shape index (κ2) is 16.2. The van der Waals surface area contributed by atoms with Gasteiger partial charge in [0.05, 0.1) is 12.3 Å². The molecule has 1 aliphatic rings. The summed E-state index contributed by atoms with van der Waals surface area (Å²) in [7, 11) is 2.06. The number of ether oxygens (including phenoxy) is 1. The van der Waals surface area contributed by atoms with Gasteiger partial charge in [-0.25, -0.2) is 0 Å². The molecular formula is C33H40BClNO3. The van der Waals surface area contributed by atoms with E-state index in [0.29, 0.717) is 18.1 Å². The van der Waals surface area contributed by atoms with Crippen molar-refractivity contribution in [3.63, 3.8) is 0 Å². The zero-order chi connectivity index (χ0) is 27.1. The first-order chi connectivity index (χ1) is 19.2. The summed E-state index contributed by atoms with van der Waals surface area (Å²) < 4.78 is 12.1. The van der Waals surface area contributed by atoms with E-state index in [9.17, 15) is 4.79 Å². The number of nitrogens with zero attached hydrogens (tertiary/aromatic N) is 1. The van der Waals surface area contributed by atoms with Crippen LogP contribution in [-0.2, 0) is 11.3 Å². The fourth-order valence-corrected chi connectivity index (χ4v) is 5.23. The standard InChI is InChI=1S/C33H40BClNO3/c35-25-33(37)36(26-27-13-9-8-10-14-27)29-17-19-30(20-18-29)38-31-21-23-32(24-22-31)39-34-28-15-11-6-4-2-1-3-5-7-12-16-28/h8-10,13-14,17-24,28H,1-7,11-12,15-16,25-26H2. The average molecular weight is 545 g/mol. The molecule has 0 aliphatic heterocycles. The summed E-state index contributed by atoms with van der Waals surface area (Å²) >= 11 is 5.89. The molecule has 39 heavy (non-hydrogen) atoms.